The maximum atomic E-state index is 9.25. The summed E-state index contributed by atoms with van der Waals surface area (Å²) < 4.78 is 5.07. The van der Waals surface area contributed by atoms with E-state index < -0.39 is 5.97 Å². The molecule has 1 N–H and O–H groups in total. The zero-order valence-corrected chi connectivity index (χ0v) is 7.69. The molecule has 13 heavy (non-hydrogen) atoms. The van der Waals surface area contributed by atoms with Crippen molar-refractivity contribution in [3.8, 4) is 0 Å². The van der Waals surface area contributed by atoms with Crippen LogP contribution in [0.5, 0.6) is 0 Å². The van der Waals surface area contributed by atoms with Crippen LogP contribution in [0.25, 0.3) is 0 Å². The minimum absolute atomic E-state index is 0.833. The van der Waals surface area contributed by atoms with Gasteiger partial charge >= 0.3 is 5.97 Å². The number of aliphatic carboxylic acids is 1. The van der Waals surface area contributed by atoms with Crippen molar-refractivity contribution >= 4 is 5.97 Å². The molecule has 0 atom stereocenters. The van der Waals surface area contributed by atoms with Crippen LogP contribution >= 0.6 is 0 Å². The van der Waals surface area contributed by atoms with Crippen molar-refractivity contribution in [1.82, 2.24) is 0 Å². The summed E-state index contributed by atoms with van der Waals surface area (Å²) in [7, 11) is 0. The standard InChI is InChI=1S/C7H10O.C3H4O2/c1-2-4-7-5-3-6-8-7;1-2-3(4)5/h3,5-6H,2,4H2,1H3;2H,1H2,(H,4,5). The maximum Gasteiger partial charge on any atom is 0.327 e. The summed E-state index contributed by atoms with van der Waals surface area (Å²) >= 11 is 0. The summed E-state index contributed by atoms with van der Waals surface area (Å²) in [4.78, 5) is 9.25. The third-order valence-electron chi connectivity index (χ3n) is 1.25. The third kappa shape index (κ3) is 6.87. The van der Waals surface area contributed by atoms with E-state index in [1.807, 2.05) is 12.1 Å². The molecule has 0 fully saturated rings. The Morgan fingerprint density at radius 3 is 2.69 bits per heavy atom. The smallest absolute Gasteiger partial charge is 0.327 e. The van der Waals surface area contributed by atoms with E-state index in [4.69, 9.17) is 9.52 Å². The van der Waals surface area contributed by atoms with Crippen LogP contribution in [0.3, 0.4) is 0 Å². The van der Waals surface area contributed by atoms with Crippen LogP contribution < -0.4 is 0 Å². The molecule has 0 spiro atoms. The molecule has 0 saturated carbocycles. The Labute approximate surface area is 77.7 Å². The van der Waals surface area contributed by atoms with E-state index in [0.29, 0.717) is 0 Å². The highest BCUT2D eigenvalue weighted by Gasteiger charge is 1.88. The molecule has 72 valence electrons. The average Bonchev–Trinajstić information content (AvgIpc) is 2.59. The number of hydrogen-bond donors (Lipinski definition) is 1. The fourth-order valence-electron chi connectivity index (χ4n) is 0.701. The Morgan fingerprint density at radius 1 is 1.77 bits per heavy atom. The summed E-state index contributed by atoms with van der Waals surface area (Å²) in [6, 6.07) is 3.93. The molecular weight excluding hydrogens is 168 g/mol. The number of aryl methyl sites for hydroxylation is 1. The molecule has 0 saturated heterocycles. The van der Waals surface area contributed by atoms with Crippen molar-refractivity contribution < 1.29 is 14.3 Å². The second-order valence-electron chi connectivity index (χ2n) is 2.37. The first-order valence-corrected chi connectivity index (χ1v) is 4.08. The molecule has 0 aromatic carbocycles. The molecule has 0 aliphatic rings. The Hall–Kier alpha value is -1.51. The molecule has 1 aromatic rings. The number of carboxylic acid groups (broad SMARTS) is 1. The van der Waals surface area contributed by atoms with Gasteiger partial charge in [0.1, 0.15) is 5.76 Å². The fraction of sp³-hybridized carbons (Fsp3) is 0.300. The predicted molar refractivity (Wildman–Crippen MR) is 50.5 cm³/mol. The molecule has 0 aliphatic heterocycles. The minimum atomic E-state index is -0.981. The number of hydrogen-bond acceptors (Lipinski definition) is 2. The fourth-order valence-corrected chi connectivity index (χ4v) is 0.701. The van der Waals surface area contributed by atoms with Crippen LogP contribution in [0.4, 0.5) is 0 Å². The normalized spacial score (nSPS) is 8.38. The minimum Gasteiger partial charge on any atom is -0.478 e. The number of carboxylic acids is 1. The van der Waals surface area contributed by atoms with Crippen LogP contribution in [0.15, 0.2) is 35.5 Å². The van der Waals surface area contributed by atoms with Crippen molar-refractivity contribution in [2.75, 3.05) is 0 Å². The first-order chi connectivity index (χ1) is 6.20. The maximum absolute atomic E-state index is 9.25. The summed E-state index contributed by atoms with van der Waals surface area (Å²) in [6.45, 7) is 5.10. The van der Waals surface area contributed by atoms with Gasteiger partial charge in [-0.15, -0.1) is 0 Å². The molecule has 1 heterocycles. The summed E-state index contributed by atoms with van der Waals surface area (Å²) in [5.74, 6) is 0.109. The van der Waals surface area contributed by atoms with Gasteiger partial charge in [0.2, 0.25) is 0 Å². The van der Waals surface area contributed by atoms with Gasteiger partial charge in [-0.3, -0.25) is 0 Å². The zero-order chi connectivity index (χ0) is 10.1. The molecule has 0 unspecified atom stereocenters. The monoisotopic (exact) mass is 182 g/mol. The Morgan fingerprint density at radius 2 is 2.38 bits per heavy atom. The van der Waals surface area contributed by atoms with Crippen LogP contribution in [0.1, 0.15) is 19.1 Å². The lowest BCUT2D eigenvalue weighted by atomic mass is 10.3. The van der Waals surface area contributed by atoms with E-state index in [1.165, 1.54) is 0 Å². The second-order valence-corrected chi connectivity index (χ2v) is 2.37. The summed E-state index contributed by atoms with van der Waals surface area (Å²) in [5.41, 5.74) is 0. The van der Waals surface area contributed by atoms with E-state index in [0.717, 1.165) is 24.7 Å². The molecule has 0 aliphatic carbocycles. The van der Waals surface area contributed by atoms with Crippen LogP contribution in [0, 0.1) is 0 Å². The van der Waals surface area contributed by atoms with Gasteiger partial charge in [0, 0.05) is 12.5 Å². The molecule has 3 heteroatoms. The van der Waals surface area contributed by atoms with Crippen LogP contribution in [-0.4, -0.2) is 11.1 Å². The van der Waals surface area contributed by atoms with Gasteiger partial charge in [-0.2, -0.15) is 0 Å². The summed E-state index contributed by atoms with van der Waals surface area (Å²) in [5, 5.41) is 7.60. The lowest BCUT2D eigenvalue weighted by Gasteiger charge is -1.85. The first-order valence-electron chi connectivity index (χ1n) is 4.08. The molecule has 3 nitrogen and oxygen atoms in total. The van der Waals surface area contributed by atoms with Crippen molar-refractivity contribution in [1.29, 1.82) is 0 Å². The SMILES string of the molecule is C=CC(=O)O.CCCc1ccco1. The van der Waals surface area contributed by atoms with E-state index in [9.17, 15) is 4.79 Å². The van der Waals surface area contributed by atoms with Gasteiger partial charge in [-0.25, -0.2) is 4.79 Å². The van der Waals surface area contributed by atoms with Gasteiger partial charge < -0.3 is 9.52 Å². The van der Waals surface area contributed by atoms with Crippen LogP contribution in [-0.2, 0) is 11.2 Å². The second kappa shape index (κ2) is 7.16. The largest absolute Gasteiger partial charge is 0.478 e. The first kappa shape index (κ1) is 11.5. The lowest BCUT2D eigenvalue weighted by molar-refractivity contribution is -0.131. The van der Waals surface area contributed by atoms with Gasteiger partial charge in [0.15, 0.2) is 0 Å². The number of carbonyl (C=O) groups is 1. The highest BCUT2D eigenvalue weighted by atomic mass is 16.4. The molecule has 1 rings (SSSR count). The third-order valence-corrected chi connectivity index (χ3v) is 1.25. The van der Waals surface area contributed by atoms with Gasteiger partial charge in [-0.05, 0) is 18.6 Å². The zero-order valence-electron chi connectivity index (χ0n) is 7.69. The average molecular weight is 182 g/mol. The topological polar surface area (TPSA) is 50.4 Å². The van der Waals surface area contributed by atoms with Crippen molar-refractivity contribution in [3.05, 3.63) is 36.8 Å². The Bertz CT molecular complexity index is 237. The predicted octanol–water partition coefficient (Wildman–Crippen LogP) is 2.49. The molecule has 1 aromatic heterocycles. The Kier molecular flexibility index (Phi) is 6.32. The number of rotatable bonds is 3. The highest BCUT2D eigenvalue weighted by molar-refractivity contribution is 5.78. The van der Waals surface area contributed by atoms with Crippen molar-refractivity contribution in [2.24, 2.45) is 0 Å². The molecule has 0 radical (unpaired) electrons. The highest BCUT2D eigenvalue weighted by Crippen LogP contribution is 2.01. The quantitative estimate of drug-likeness (QED) is 0.730. The number of furan rings is 1. The Balaban J connectivity index is 0.000000252. The van der Waals surface area contributed by atoms with Crippen molar-refractivity contribution in [2.45, 2.75) is 19.8 Å². The van der Waals surface area contributed by atoms with Crippen LogP contribution in [0.2, 0.25) is 0 Å². The van der Waals surface area contributed by atoms with Gasteiger partial charge in [0.25, 0.3) is 0 Å². The molecule has 0 amide bonds. The molecule has 0 bridgehead atoms. The summed E-state index contributed by atoms with van der Waals surface area (Å²) in [6.07, 6.45) is 4.77. The van der Waals surface area contributed by atoms with Crippen molar-refractivity contribution in [3.63, 3.8) is 0 Å². The lowest BCUT2D eigenvalue weighted by Crippen LogP contribution is -1.82. The van der Waals surface area contributed by atoms with E-state index in [1.54, 1.807) is 6.26 Å². The van der Waals surface area contributed by atoms with Gasteiger partial charge in [0.05, 0.1) is 6.26 Å². The van der Waals surface area contributed by atoms with E-state index in [2.05, 4.69) is 13.5 Å². The molecular formula is C10H14O3. The van der Waals surface area contributed by atoms with Gasteiger partial charge in [-0.1, -0.05) is 13.5 Å². The van der Waals surface area contributed by atoms with E-state index in [-0.39, 0.29) is 0 Å². The van der Waals surface area contributed by atoms with E-state index >= 15 is 0 Å².